The second-order valence-corrected chi connectivity index (χ2v) is 32.9. The van der Waals surface area contributed by atoms with Gasteiger partial charge in [0.2, 0.25) is 0 Å². The molecular formula is C26H66O9Si6. The van der Waals surface area contributed by atoms with Crippen LogP contribution in [-0.2, 0) is 38.3 Å². The highest BCUT2D eigenvalue weighted by molar-refractivity contribution is 6.90. The summed E-state index contributed by atoms with van der Waals surface area (Å²) in [5, 5.41) is 0. The maximum Gasteiger partial charge on any atom is 0.472 e. The summed E-state index contributed by atoms with van der Waals surface area (Å²) >= 11 is 0. The van der Waals surface area contributed by atoms with Gasteiger partial charge in [-0.25, -0.2) is 0 Å². The van der Waals surface area contributed by atoms with Gasteiger partial charge in [-0.2, -0.15) is 0 Å². The van der Waals surface area contributed by atoms with Crippen molar-refractivity contribution in [3.8, 4) is 0 Å². The van der Waals surface area contributed by atoms with Crippen molar-refractivity contribution in [2.75, 3.05) is 0 Å². The quantitative estimate of drug-likeness (QED) is 0.104. The number of hydrogen-bond donors (Lipinski definition) is 0. The number of rotatable bonds is 22. The first kappa shape index (κ1) is 41.9. The molecule has 0 spiro atoms. The zero-order chi connectivity index (χ0) is 32.5. The Kier molecular flexibility index (Phi) is 17.4. The van der Waals surface area contributed by atoms with Crippen LogP contribution in [0.2, 0.25) is 65.5 Å². The van der Waals surface area contributed by atoms with Gasteiger partial charge in [-0.1, -0.05) is 27.7 Å². The molecule has 0 heterocycles. The van der Waals surface area contributed by atoms with Crippen molar-refractivity contribution < 1.29 is 38.3 Å². The highest BCUT2D eigenvalue weighted by Crippen LogP contribution is 2.32. The minimum atomic E-state index is -3.49. The van der Waals surface area contributed by atoms with Crippen molar-refractivity contribution in [2.45, 2.75) is 171 Å². The Balaban J connectivity index is 6.71. The van der Waals surface area contributed by atoms with Gasteiger partial charge < -0.3 is 38.3 Å². The van der Waals surface area contributed by atoms with Crippen LogP contribution in [0.25, 0.3) is 0 Å². The summed E-state index contributed by atoms with van der Waals surface area (Å²) in [6, 6.07) is 0. The predicted octanol–water partition coefficient (Wildman–Crippen LogP) is 8.27. The van der Waals surface area contributed by atoms with E-state index in [2.05, 4.69) is 55.4 Å². The second-order valence-electron chi connectivity index (χ2n) is 13.2. The van der Waals surface area contributed by atoms with Crippen LogP contribution in [0, 0.1) is 0 Å². The molecule has 0 aromatic carbocycles. The summed E-state index contributed by atoms with van der Waals surface area (Å²) < 4.78 is 60.2. The Morgan fingerprint density at radius 2 is 0.512 bits per heavy atom. The SMILES string of the molecule is CCC(C)O[Si](C)(C)O[Si](C)(O[Si](C)(C)OC(C)CC)O[Si](C)(O[Si](C)(C)OC(C)CC)O[Si](C)(C)OC(C)CC. The molecule has 0 N–H and O–H groups in total. The van der Waals surface area contributed by atoms with E-state index < -0.39 is 51.9 Å². The molecule has 41 heavy (non-hydrogen) atoms. The van der Waals surface area contributed by atoms with E-state index in [0.29, 0.717) is 0 Å². The van der Waals surface area contributed by atoms with Crippen LogP contribution in [0.4, 0.5) is 0 Å². The minimum Gasteiger partial charge on any atom is -0.394 e. The third kappa shape index (κ3) is 17.9. The van der Waals surface area contributed by atoms with Crippen LogP contribution in [0.1, 0.15) is 81.1 Å². The van der Waals surface area contributed by atoms with E-state index in [1.165, 1.54) is 0 Å². The molecular weight excluding hydrogens is 625 g/mol. The smallest absolute Gasteiger partial charge is 0.394 e. The highest BCUT2D eigenvalue weighted by atomic mass is 28.5. The molecule has 9 nitrogen and oxygen atoms in total. The topological polar surface area (TPSA) is 83.1 Å². The number of hydrogen-bond acceptors (Lipinski definition) is 9. The lowest BCUT2D eigenvalue weighted by molar-refractivity contribution is 0.0891. The minimum absolute atomic E-state index is 0.0539. The highest BCUT2D eigenvalue weighted by Gasteiger charge is 2.58. The third-order valence-electron chi connectivity index (χ3n) is 6.34. The predicted molar refractivity (Wildman–Crippen MR) is 182 cm³/mol. The molecule has 0 rings (SSSR count). The molecule has 248 valence electrons. The van der Waals surface area contributed by atoms with E-state index in [4.69, 9.17) is 38.3 Å². The van der Waals surface area contributed by atoms with E-state index in [1.807, 2.05) is 65.5 Å². The van der Waals surface area contributed by atoms with Gasteiger partial charge in [-0.05, 0) is 106 Å². The van der Waals surface area contributed by atoms with Gasteiger partial charge in [0.1, 0.15) is 0 Å². The zero-order valence-corrected chi connectivity index (χ0v) is 35.8. The molecule has 0 saturated carbocycles. The molecule has 4 unspecified atom stereocenters. The molecule has 0 fully saturated rings. The van der Waals surface area contributed by atoms with Crippen LogP contribution in [0.5, 0.6) is 0 Å². The average Bonchev–Trinajstić information content (AvgIpc) is 2.74. The van der Waals surface area contributed by atoms with Gasteiger partial charge >= 0.3 is 51.9 Å². The Hall–Kier alpha value is 0.941. The average molecular weight is 691 g/mol. The molecule has 4 atom stereocenters. The molecule has 0 saturated heterocycles. The molecule has 0 bridgehead atoms. The molecule has 15 heteroatoms. The summed E-state index contributed by atoms with van der Waals surface area (Å²) in [6.45, 7) is 36.9. The second kappa shape index (κ2) is 17.0. The molecule has 0 aromatic rings. The van der Waals surface area contributed by atoms with Crippen molar-refractivity contribution in [1.82, 2.24) is 0 Å². The van der Waals surface area contributed by atoms with E-state index >= 15 is 0 Å². The maximum atomic E-state index is 7.04. The lowest BCUT2D eigenvalue weighted by Crippen LogP contribution is -2.67. The Bertz CT molecular complexity index is 645. The van der Waals surface area contributed by atoms with E-state index in [-0.39, 0.29) is 24.4 Å². The van der Waals surface area contributed by atoms with Crippen LogP contribution in [0.3, 0.4) is 0 Å². The summed E-state index contributed by atoms with van der Waals surface area (Å²) in [7, 11) is -17.8. The first-order chi connectivity index (χ1) is 18.4. The van der Waals surface area contributed by atoms with Crippen LogP contribution >= 0.6 is 0 Å². The molecule has 0 aliphatic carbocycles. The standard InChI is InChI=1S/C26H66O9Si6/c1-19-23(5)27-36(9,10)31-40(17,32-37(11,12)28-24(6)20-2)35-41(18,33-38(13,14)29-25(7)21-3)34-39(15,16)30-26(8)22-4/h23-26H,19-22H2,1-18H3. The lowest BCUT2D eigenvalue weighted by Gasteiger charge is -2.46. The summed E-state index contributed by atoms with van der Waals surface area (Å²) in [6.07, 6.45) is 3.75. The van der Waals surface area contributed by atoms with Gasteiger partial charge in [-0.3, -0.25) is 0 Å². The Morgan fingerprint density at radius 1 is 0.341 bits per heavy atom. The molecule has 0 aromatic heterocycles. The van der Waals surface area contributed by atoms with Crippen molar-refractivity contribution in [3.05, 3.63) is 0 Å². The van der Waals surface area contributed by atoms with E-state index in [0.717, 1.165) is 25.7 Å². The van der Waals surface area contributed by atoms with Gasteiger partial charge in [0.05, 0.1) is 0 Å². The third-order valence-corrected chi connectivity index (χ3v) is 27.0. The van der Waals surface area contributed by atoms with E-state index in [1.54, 1.807) is 0 Å². The maximum absolute atomic E-state index is 7.04. The van der Waals surface area contributed by atoms with Crippen molar-refractivity contribution in [2.24, 2.45) is 0 Å². The molecule has 0 aliphatic rings. The summed E-state index contributed by atoms with van der Waals surface area (Å²) in [5.74, 6) is 0. The summed E-state index contributed by atoms with van der Waals surface area (Å²) in [4.78, 5) is 0. The normalized spacial score (nSPS) is 19.8. The fraction of sp³-hybridized carbons (Fsp3) is 1.00. The summed E-state index contributed by atoms with van der Waals surface area (Å²) in [5.41, 5.74) is 0. The molecule has 0 amide bonds. The van der Waals surface area contributed by atoms with Gasteiger partial charge in [0, 0.05) is 37.5 Å². The molecule has 0 aliphatic heterocycles. The fourth-order valence-corrected chi connectivity index (χ4v) is 30.2. The Morgan fingerprint density at radius 3 is 0.659 bits per heavy atom. The van der Waals surface area contributed by atoms with Gasteiger partial charge in [0.15, 0.2) is 0 Å². The van der Waals surface area contributed by atoms with Crippen molar-refractivity contribution in [1.29, 1.82) is 0 Å². The van der Waals surface area contributed by atoms with Crippen LogP contribution in [-0.4, -0.2) is 76.3 Å². The van der Waals surface area contributed by atoms with Gasteiger partial charge in [-0.15, -0.1) is 0 Å². The van der Waals surface area contributed by atoms with Gasteiger partial charge in [0.25, 0.3) is 0 Å². The van der Waals surface area contributed by atoms with E-state index in [9.17, 15) is 0 Å². The van der Waals surface area contributed by atoms with Crippen LogP contribution < -0.4 is 0 Å². The largest absolute Gasteiger partial charge is 0.472 e. The molecule has 0 radical (unpaired) electrons. The zero-order valence-electron chi connectivity index (χ0n) is 29.8. The Labute approximate surface area is 260 Å². The first-order valence-corrected chi connectivity index (χ1v) is 31.3. The van der Waals surface area contributed by atoms with Crippen LogP contribution in [0.15, 0.2) is 0 Å². The lowest BCUT2D eigenvalue weighted by atomic mass is 10.3. The fourth-order valence-electron chi connectivity index (χ4n) is 4.62. The first-order valence-electron chi connectivity index (χ1n) is 15.6. The monoisotopic (exact) mass is 690 g/mol. The van der Waals surface area contributed by atoms with Crippen molar-refractivity contribution in [3.63, 3.8) is 0 Å². The van der Waals surface area contributed by atoms with Crippen molar-refractivity contribution >= 4 is 51.9 Å².